The summed E-state index contributed by atoms with van der Waals surface area (Å²) in [7, 11) is 1.52. The molecule has 1 unspecified atom stereocenters. The number of benzene rings is 1. The van der Waals surface area contributed by atoms with Gasteiger partial charge in [-0.05, 0) is 25.3 Å². The first-order valence-electron chi connectivity index (χ1n) is 7.12. The van der Waals surface area contributed by atoms with E-state index in [1.54, 1.807) is 11.8 Å². The van der Waals surface area contributed by atoms with Crippen LogP contribution >= 0.6 is 0 Å². The maximum absolute atomic E-state index is 12.8. The third-order valence-electron chi connectivity index (χ3n) is 4.27. The topological polar surface area (TPSA) is 66.8 Å². The van der Waals surface area contributed by atoms with Gasteiger partial charge in [0, 0.05) is 20.2 Å². The SMILES string of the molecule is COC(C)(C(=O)N1CCC(C(=O)O)CC1)c1ccccc1. The highest BCUT2D eigenvalue weighted by molar-refractivity contribution is 5.86. The zero-order valence-electron chi connectivity index (χ0n) is 12.4. The van der Waals surface area contributed by atoms with Crippen LogP contribution in [0.25, 0.3) is 0 Å². The predicted molar refractivity (Wildman–Crippen MR) is 77.7 cm³/mol. The van der Waals surface area contributed by atoms with Gasteiger partial charge in [-0.3, -0.25) is 9.59 Å². The van der Waals surface area contributed by atoms with Crippen molar-refractivity contribution in [1.29, 1.82) is 0 Å². The maximum atomic E-state index is 12.8. The third kappa shape index (κ3) is 3.08. The first-order valence-corrected chi connectivity index (χ1v) is 7.12. The van der Waals surface area contributed by atoms with Gasteiger partial charge in [-0.1, -0.05) is 30.3 Å². The summed E-state index contributed by atoms with van der Waals surface area (Å²) in [6.45, 7) is 2.68. The van der Waals surface area contributed by atoms with Gasteiger partial charge in [0.25, 0.3) is 5.91 Å². The van der Waals surface area contributed by atoms with Gasteiger partial charge in [0.2, 0.25) is 0 Å². The Labute approximate surface area is 124 Å². The van der Waals surface area contributed by atoms with E-state index in [2.05, 4.69) is 0 Å². The van der Waals surface area contributed by atoms with Gasteiger partial charge in [0.15, 0.2) is 5.60 Å². The van der Waals surface area contributed by atoms with Crippen LogP contribution in [0.5, 0.6) is 0 Å². The van der Waals surface area contributed by atoms with Crippen LogP contribution in [-0.4, -0.2) is 42.1 Å². The number of hydrogen-bond donors (Lipinski definition) is 1. The van der Waals surface area contributed by atoms with E-state index >= 15 is 0 Å². The molecule has 21 heavy (non-hydrogen) atoms. The Morgan fingerprint density at radius 1 is 1.24 bits per heavy atom. The van der Waals surface area contributed by atoms with Crippen molar-refractivity contribution < 1.29 is 19.4 Å². The number of likely N-dealkylation sites (tertiary alicyclic amines) is 1. The second kappa shape index (κ2) is 6.26. The summed E-state index contributed by atoms with van der Waals surface area (Å²) >= 11 is 0. The summed E-state index contributed by atoms with van der Waals surface area (Å²) in [6, 6.07) is 9.37. The highest BCUT2D eigenvalue weighted by atomic mass is 16.5. The fourth-order valence-electron chi connectivity index (χ4n) is 2.72. The van der Waals surface area contributed by atoms with Gasteiger partial charge in [-0.2, -0.15) is 0 Å². The molecule has 1 atom stereocenters. The fourth-order valence-corrected chi connectivity index (χ4v) is 2.72. The lowest BCUT2D eigenvalue weighted by atomic mass is 9.91. The lowest BCUT2D eigenvalue weighted by Gasteiger charge is -2.37. The van der Waals surface area contributed by atoms with Gasteiger partial charge >= 0.3 is 5.97 Å². The van der Waals surface area contributed by atoms with E-state index in [9.17, 15) is 9.59 Å². The normalized spacial score (nSPS) is 19.0. The number of carboxylic acid groups (broad SMARTS) is 1. The van der Waals surface area contributed by atoms with Crippen molar-refractivity contribution in [2.75, 3.05) is 20.2 Å². The molecule has 1 fully saturated rings. The molecule has 1 aliphatic rings. The predicted octanol–water partition coefficient (Wildman–Crippen LogP) is 1.87. The van der Waals surface area contributed by atoms with E-state index < -0.39 is 11.6 Å². The van der Waals surface area contributed by atoms with Crippen molar-refractivity contribution in [2.24, 2.45) is 5.92 Å². The monoisotopic (exact) mass is 291 g/mol. The minimum atomic E-state index is -1.03. The molecule has 1 N–H and O–H groups in total. The van der Waals surface area contributed by atoms with E-state index in [0.29, 0.717) is 25.9 Å². The van der Waals surface area contributed by atoms with E-state index in [4.69, 9.17) is 9.84 Å². The van der Waals surface area contributed by atoms with Crippen molar-refractivity contribution in [2.45, 2.75) is 25.4 Å². The molecule has 0 bridgehead atoms. The zero-order chi connectivity index (χ0) is 15.5. The molecule has 1 aromatic rings. The molecule has 0 spiro atoms. The fraction of sp³-hybridized carbons (Fsp3) is 0.500. The Kier molecular flexibility index (Phi) is 4.63. The number of carbonyl (C=O) groups is 2. The molecule has 1 amide bonds. The Hall–Kier alpha value is -1.88. The summed E-state index contributed by atoms with van der Waals surface area (Å²) in [5, 5.41) is 9.02. The van der Waals surface area contributed by atoms with Crippen molar-refractivity contribution >= 4 is 11.9 Å². The van der Waals surface area contributed by atoms with Crippen molar-refractivity contribution in [1.82, 2.24) is 4.90 Å². The molecule has 0 aromatic heterocycles. The highest BCUT2D eigenvalue weighted by Gasteiger charge is 2.40. The molecular weight excluding hydrogens is 270 g/mol. The van der Waals surface area contributed by atoms with Crippen LogP contribution in [0, 0.1) is 5.92 Å². The van der Waals surface area contributed by atoms with Crippen molar-refractivity contribution in [3.63, 3.8) is 0 Å². The number of nitrogens with zero attached hydrogens (tertiary/aromatic N) is 1. The van der Waals surface area contributed by atoms with Gasteiger partial charge in [0.05, 0.1) is 5.92 Å². The number of aliphatic carboxylic acids is 1. The van der Waals surface area contributed by atoms with Crippen LogP contribution in [0.2, 0.25) is 0 Å². The molecule has 1 aliphatic heterocycles. The minimum Gasteiger partial charge on any atom is -0.481 e. The molecule has 0 radical (unpaired) electrons. The van der Waals surface area contributed by atoms with E-state index in [1.807, 2.05) is 30.3 Å². The van der Waals surface area contributed by atoms with Gasteiger partial charge in [-0.25, -0.2) is 0 Å². The van der Waals surface area contributed by atoms with Crippen LogP contribution in [0.15, 0.2) is 30.3 Å². The van der Waals surface area contributed by atoms with Crippen LogP contribution in [0.1, 0.15) is 25.3 Å². The standard InChI is InChI=1S/C16H21NO4/c1-16(21-2,13-6-4-3-5-7-13)15(20)17-10-8-12(9-11-17)14(18)19/h3-7,12H,8-11H2,1-2H3,(H,18,19). The summed E-state index contributed by atoms with van der Waals surface area (Å²) in [6.07, 6.45) is 0.991. The van der Waals surface area contributed by atoms with Gasteiger partial charge < -0.3 is 14.7 Å². The molecule has 5 nitrogen and oxygen atoms in total. The van der Waals surface area contributed by atoms with Gasteiger partial charge in [-0.15, -0.1) is 0 Å². The van der Waals surface area contributed by atoms with Crippen molar-refractivity contribution in [3.8, 4) is 0 Å². The first-order chi connectivity index (χ1) is 9.99. The van der Waals surface area contributed by atoms with Crippen LogP contribution in [-0.2, 0) is 19.9 Å². The van der Waals surface area contributed by atoms with Crippen molar-refractivity contribution in [3.05, 3.63) is 35.9 Å². The zero-order valence-corrected chi connectivity index (χ0v) is 12.4. The molecule has 1 heterocycles. The number of methoxy groups -OCH3 is 1. The van der Waals surface area contributed by atoms with Crippen LogP contribution in [0.3, 0.4) is 0 Å². The summed E-state index contributed by atoms with van der Waals surface area (Å²) in [4.78, 5) is 25.5. The van der Waals surface area contributed by atoms with E-state index in [0.717, 1.165) is 5.56 Å². The third-order valence-corrected chi connectivity index (χ3v) is 4.27. The maximum Gasteiger partial charge on any atom is 0.306 e. The molecule has 114 valence electrons. The largest absolute Gasteiger partial charge is 0.481 e. The summed E-state index contributed by atoms with van der Waals surface area (Å²) in [5.41, 5.74) is -0.227. The number of carboxylic acids is 1. The smallest absolute Gasteiger partial charge is 0.306 e. The first kappa shape index (κ1) is 15.5. The Bertz CT molecular complexity index is 508. The molecule has 2 rings (SSSR count). The minimum absolute atomic E-state index is 0.111. The number of piperidine rings is 1. The highest BCUT2D eigenvalue weighted by Crippen LogP contribution is 2.29. The number of amides is 1. The summed E-state index contributed by atoms with van der Waals surface area (Å²) < 4.78 is 5.51. The second-order valence-corrected chi connectivity index (χ2v) is 5.51. The average Bonchev–Trinajstić information content (AvgIpc) is 2.54. The van der Waals surface area contributed by atoms with E-state index in [-0.39, 0.29) is 11.8 Å². The lowest BCUT2D eigenvalue weighted by Crippen LogP contribution is -2.49. The Morgan fingerprint density at radius 2 is 1.81 bits per heavy atom. The average molecular weight is 291 g/mol. The molecular formula is C16H21NO4. The van der Waals surface area contributed by atoms with Crippen LogP contribution < -0.4 is 0 Å². The quantitative estimate of drug-likeness (QED) is 0.919. The molecule has 5 heteroatoms. The number of ether oxygens (including phenoxy) is 1. The Morgan fingerprint density at radius 3 is 2.29 bits per heavy atom. The number of hydrogen-bond acceptors (Lipinski definition) is 3. The second-order valence-electron chi connectivity index (χ2n) is 5.51. The molecule has 1 saturated heterocycles. The van der Waals surface area contributed by atoms with Crippen LogP contribution in [0.4, 0.5) is 0 Å². The summed E-state index contributed by atoms with van der Waals surface area (Å²) in [5.74, 6) is -1.24. The molecule has 0 aliphatic carbocycles. The van der Waals surface area contributed by atoms with Gasteiger partial charge in [0.1, 0.15) is 0 Å². The Balaban J connectivity index is 2.13. The molecule has 1 aromatic carbocycles. The lowest BCUT2D eigenvalue weighted by molar-refractivity contribution is -0.158. The number of rotatable bonds is 4. The van der Waals surface area contributed by atoms with E-state index in [1.165, 1.54) is 7.11 Å². The molecule has 0 saturated carbocycles. The number of carbonyl (C=O) groups excluding carboxylic acids is 1.